The Morgan fingerprint density at radius 2 is 2.05 bits per heavy atom. The van der Waals surface area contributed by atoms with Crippen LogP contribution in [-0.2, 0) is 0 Å². The van der Waals surface area contributed by atoms with Gasteiger partial charge in [0.05, 0.1) is 11.2 Å². The van der Waals surface area contributed by atoms with E-state index >= 15 is 0 Å². The van der Waals surface area contributed by atoms with E-state index in [4.69, 9.17) is 11.5 Å². The Morgan fingerprint density at radius 1 is 1.32 bits per heavy atom. The molecule has 0 aliphatic carbocycles. The van der Waals surface area contributed by atoms with Gasteiger partial charge in [-0.05, 0) is 44.4 Å². The van der Waals surface area contributed by atoms with Crippen molar-refractivity contribution in [3.8, 4) is 0 Å². The topological polar surface area (TPSA) is 92.6 Å². The Balaban J connectivity index is 2.15. The van der Waals surface area contributed by atoms with Crippen molar-refractivity contribution in [2.75, 3.05) is 24.6 Å². The van der Waals surface area contributed by atoms with Crippen LogP contribution in [-0.4, -0.2) is 34.6 Å². The molecule has 1 aromatic carbocycles. The van der Waals surface area contributed by atoms with E-state index in [1.807, 2.05) is 6.92 Å². The van der Waals surface area contributed by atoms with E-state index in [0.29, 0.717) is 42.9 Å². The Labute approximate surface area is 113 Å². The number of nitrogens with zero attached hydrogens (tertiary/aromatic N) is 1. The molecule has 2 rings (SSSR count). The number of hydrogen-bond donors (Lipinski definition) is 3. The Kier molecular flexibility index (Phi) is 3.66. The largest absolute Gasteiger partial charge is 0.399 e. The first kappa shape index (κ1) is 13.7. The molecule has 1 aromatic rings. The highest BCUT2D eigenvalue weighted by Gasteiger charge is 2.28. The maximum absolute atomic E-state index is 12.4. The molecule has 0 radical (unpaired) electrons. The molecule has 19 heavy (non-hydrogen) atoms. The van der Waals surface area contributed by atoms with E-state index in [9.17, 15) is 9.90 Å². The quantitative estimate of drug-likeness (QED) is 0.664. The molecule has 5 N–H and O–H groups in total. The summed E-state index contributed by atoms with van der Waals surface area (Å²) >= 11 is 0. The van der Waals surface area contributed by atoms with E-state index in [-0.39, 0.29) is 5.91 Å². The van der Waals surface area contributed by atoms with Crippen LogP contribution < -0.4 is 11.5 Å². The lowest BCUT2D eigenvalue weighted by Gasteiger charge is -2.23. The lowest BCUT2D eigenvalue weighted by atomic mass is 9.98. The summed E-state index contributed by atoms with van der Waals surface area (Å²) in [4.78, 5) is 14.2. The van der Waals surface area contributed by atoms with Crippen molar-refractivity contribution in [3.05, 3.63) is 23.8 Å². The van der Waals surface area contributed by atoms with E-state index in [1.165, 1.54) is 0 Å². The number of nitrogens with two attached hydrogens (primary N) is 2. The first-order valence-corrected chi connectivity index (χ1v) is 6.56. The monoisotopic (exact) mass is 263 g/mol. The van der Waals surface area contributed by atoms with Gasteiger partial charge in [0.1, 0.15) is 0 Å². The van der Waals surface area contributed by atoms with Crippen molar-refractivity contribution >= 4 is 17.3 Å². The van der Waals surface area contributed by atoms with Gasteiger partial charge in [0, 0.05) is 24.5 Å². The molecule has 1 heterocycles. The van der Waals surface area contributed by atoms with Crippen LogP contribution in [0.2, 0.25) is 0 Å². The molecule has 1 saturated heterocycles. The van der Waals surface area contributed by atoms with Gasteiger partial charge in [0.2, 0.25) is 0 Å². The number of rotatable bonds is 1. The molecular formula is C14H21N3O2. The molecule has 104 valence electrons. The number of hydrogen-bond acceptors (Lipinski definition) is 4. The fraction of sp³-hybridized carbons (Fsp3) is 0.500. The molecule has 1 aliphatic rings. The highest BCUT2D eigenvalue weighted by molar-refractivity contribution is 5.99. The van der Waals surface area contributed by atoms with E-state index in [0.717, 1.165) is 6.42 Å². The third-order valence-corrected chi connectivity index (χ3v) is 3.66. The molecular weight excluding hydrogens is 242 g/mol. The van der Waals surface area contributed by atoms with E-state index < -0.39 is 5.60 Å². The second-order valence-electron chi connectivity index (χ2n) is 5.49. The summed E-state index contributed by atoms with van der Waals surface area (Å²) in [5, 5.41) is 10.0. The summed E-state index contributed by atoms with van der Waals surface area (Å²) in [5.41, 5.74) is 12.2. The van der Waals surface area contributed by atoms with Gasteiger partial charge in [-0.1, -0.05) is 0 Å². The van der Waals surface area contributed by atoms with Crippen LogP contribution in [0.4, 0.5) is 11.4 Å². The van der Waals surface area contributed by atoms with Crippen molar-refractivity contribution in [3.63, 3.8) is 0 Å². The molecule has 0 spiro atoms. The summed E-state index contributed by atoms with van der Waals surface area (Å²) in [6.07, 6.45) is 2.11. The molecule has 5 heteroatoms. The van der Waals surface area contributed by atoms with Gasteiger partial charge in [-0.3, -0.25) is 4.79 Å². The summed E-state index contributed by atoms with van der Waals surface area (Å²) in [7, 11) is 0. The second-order valence-corrected chi connectivity index (χ2v) is 5.49. The van der Waals surface area contributed by atoms with Crippen molar-refractivity contribution in [1.82, 2.24) is 4.90 Å². The average molecular weight is 263 g/mol. The molecule has 5 nitrogen and oxygen atoms in total. The zero-order chi connectivity index (χ0) is 14.0. The highest BCUT2D eigenvalue weighted by Crippen LogP contribution is 2.24. The Hall–Kier alpha value is -1.75. The Morgan fingerprint density at radius 3 is 2.74 bits per heavy atom. The SMILES string of the molecule is CC1(O)CCCN(C(=O)c2ccc(N)cc2N)CC1. The minimum absolute atomic E-state index is 0.0878. The number of benzene rings is 1. The smallest absolute Gasteiger partial charge is 0.255 e. The fourth-order valence-corrected chi connectivity index (χ4v) is 2.41. The molecule has 1 unspecified atom stereocenters. The molecule has 1 fully saturated rings. The third kappa shape index (κ3) is 3.17. The van der Waals surface area contributed by atoms with Crippen LogP contribution in [0.25, 0.3) is 0 Å². The predicted octanol–water partition coefficient (Wildman–Crippen LogP) is 1.23. The van der Waals surface area contributed by atoms with Crippen molar-refractivity contribution in [1.29, 1.82) is 0 Å². The minimum Gasteiger partial charge on any atom is -0.399 e. The van der Waals surface area contributed by atoms with Gasteiger partial charge < -0.3 is 21.5 Å². The van der Waals surface area contributed by atoms with Gasteiger partial charge in [-0.2, -0.15) is 0 Å². The number of nitrogen functional groups attached to an aromatic ring is 2. The zero-order valence-corrected chi connectivity index (χ0v) is 11.2. The lowest BCUT2D eigenvalue weighted by molar-refractivity contribution is 0.0438. The number of carbonyl (C=O) groups is 1. The van der Waals surface area contributed by atoms with Gasteiger partial charge in [0.15, 0.2) is 0 Å². The third-order valence-electron chi connectivity index (χ3n) is 3.66. The summed E-state index contributed by atoms with van der Waals surface area (Å²) in [6.45, 7) is 3.02. The first-order chi connectivity index (χ1) is 8.89. The molecule has 0 bridgehead atoms. The van der Waals surface area contributed by atoms with Crippen LogP contribution in [0, 0.1) is 0 Å². The van der Waals surface area contributed by atoms with Crippen molar-refractivity contribution in [2.45, 2.75) is 31.8 Å². The van der Waals surface area contributed by atoms with Crippen LogP contribution in [0.5, 0.6) is 0 Å². The van der Waals surface area contributed by atoms with Crippen LogP contribution in [0.15, 0.2) is 18.2 Å². The Bertz CT molecular complexity index is 486. The lowest BCUT2D eigenvalue weighted by Crippen LogP contribution is -2.33. The predicted molar refractivity (Wildman–Crippen MR) is 75.6 cm³/mol. The maximum atomic E-state index is 12.4. The number of carbonyl (C=O) groups excluding carboxylic acids is 1. The van der Waals surface area contributed by atoms with Crippen LogP contribution >= 0.6 is 0 Å². The minimum atomic E-state index is -0.679. The summed E-state index contributed by atoms with van der Waals surface area (Å²) in [6, 6.07) is 4.94. The molecule has 0 aromatic heterocycles. The number of aliphatic hydroxyl groups is 1. The normalized spacial score (nSPS) is 24.0. The molecule has 1 amide bonds. The maximum Gasteiger partial charge on any atom is 0.255 e. The average Bonchev–Trinajstić information content (AvgIpc) is 2.49. The van der Waals surface area contributed by atoms with Gasteiger partial charge in [-0.25, -0.2) is 0 Å². The number of amides is 1. The molecule has 1 atom stereocenters. The second kappa shape index (κ2) is 5.09. The van der Waals surface area contributed by atoms with Crippen LogP contribution in [0.1, 0.15) is 36.5 Å². The van der Waals surface area contributed by atoms with E-state index in [2.05, 4.69) is 0 Å². The van der Waals surface area contributed by atoms with Gasteiger partial charge >= 0.3 is 0 Å². The molecule has 0 saturated carbocycles. The van der Waals surface area contributed by atoms with E-state index in [1.54, 1.807) is 23.1 Å². The number of likely N-dealkylation sites (tertiary alicyclic amines) is 1. The van der Waals surface area contributed by atoms with Gasteiger partial charge in [-0.15, -0.1) is 0 Å². The zero-order valence-electron chi connectivity index (χ0n) is 11.2. The van der Waals surface area contributed by atoms with Crippen LogP contribution in [0.3, 0.4) is 0 Å². The fourth-order valence-electron chi connectivity index (χ4n) is 2.41. The summed E-state index contributed by atoms with van der Waals surface area (Å²) in [5.74, 6) is -0.0878. The summed E-state index contributed by atoms with van der Waals surface area (Å²) < 4.78 is 0. The van der Waals surface area contributed by atoms with Gasteiger partial charge in [0.25, 0.3) is 5.91 Å². The van der Waals surface area contributed by atoms with Crippen molar-refractivity contribution in [2.24, 2.45) is 0 Å². The van der Waals surface area contributed by atoms with Crippen molar-refractivity contribution < 1.29 is 9.90 Å². The standard InChI is InChI=1S/C14H21N3O2/c1-14(19)5-2-7-17(8-6-14)13(18)11-4-3-10(15)9-12(11)16/h3-4,9,19H,2,5-8,15-16H2,1H3. The molecule has 1 aliphatic heterocycles. The first-order valence-electron chi connectivity index (χ1n) is 6.56. The number of anilines is 2. The highest BCUT2D eigenvalue weighted by atomic mass is 16.3.